The van der Waals surface area contributed by atoms with Crippen LogP contribution in [0, 0.1) is 12.7 Å². The Morgan fingerprint density at radius 3 is 2.41 bits per heavy atom. The van der Waals surface area contributed by atoms with Crippen molar-refractivity contribution < 1.29 is 18.7 Å². The number of rotatable bonds is 4. The SMILES string of the molecule is CCOC(=O)C1=C(C)N(c2ccc(C)cc2)C(=O)C1=Cc1ccccc1F. The summed E-state index contributed by atoms with van der Waals surface area (Å²) in [6.45, 7) is 5.52. The summed E-state index contributed by atoms with van der Waals surface area (Å²) in [6.07, 6.45) is 1.40. The van der Waals surface area contributed by atoms with Crippen LogP contribution < -0.4 is 4.90 Å². The van der Waals surface area contributed by atoms with Crippen molar-refractivity contribution in [3.8, 4) is 0 Å². The van der Waals surface area contributed by atoms with Crippen LogP contribution in [-0.4, -0.2) is 18.5 Å². The summed E-state index contributed by atoms with van der Waals surface area (Å²) >= 11 is 0. The van der Waals surface area contributed by atoms with E-state index < -0.39 is 11.8 Å². The highest BCUT2D eigenvalue weighted by Gasteiger charge is 2.38. The molecule has 0 fully saturated rings. The van der Waals surface area contributed by atoms with Gasteiger partial charge in [0.15, 0.2) is 0 Å². The lowest BCUT2D eigenvalue weighted by Gasteiger charge is -2.18. The average Bonchev–Trinajstić information content (AvgIpc) is 2.88. The second kappa shape index (κ2) is 7.58. The number of carbonyl (C=O) groups excluding carboxylic acids is 2. The number of aryl methyl sites for hydroxylation is 1. The van der Waals surface area contributed by atoms with Gasteiger partial charge in [0.05, 0.1) is 17.8 Å². The normalized spacial score (nSPS) is 15.6. The molecule has 0 spiro atoms. The summed E-state index contributed by atoms with van der Waals surface area (Å²) in [5.74, 6) is -1.45. The number of halogens is 1. The first-order valence-electron chi connectivity index (χ1n) is 8.69. The molecule has 5 heteroatoms. The van der Waals surface area contributed by atoms with Crippen molar-refractivity contribution in [3.05, 3.63) is 82.3 Å². The smallest absolute Gasteiger partial charge is 0.340 e. The summed E-state index contributed by atoms with van der Waals surface area (Å²) in [6, 6.07) is 13.5. The number of nitrogens with zero attached hydrogens (tertiary/aromatic N) is 1. The van der Waals surface area contributed by atoms with Gasteiger partial charge < -0.3 is 4.74 Å². The monoisotopic (exact) mass is 365 g/mol. The van der Waals surface area contributed by atoms with E-state index in [0.29, 0.717) is 11.4 Å². The second-order valence-electron chi connectivity index (χ2n) is 6.24. The van der Waals surface area contributed by atoms with Gasteiger partial charge in [-0.3, -0.25) is 9.69 Å². The minimum atomic E-state index is -0.597. The fraction of sp³-hybridized carbons (Fsp3) is 0.182. The first-order chi connectivity index (χ1) is 12.9. The number of esters is 1. The first kappa shape index (κ1) is 18.6. The summed E-state index contributed by atoms with van der Waals surface area (Å²) in [4.78, 5) is 27.1. The molecule has 1 heterocycles. The molecule has 1 aliphatic rings. The number of hydrogen-bond donors (Lipinski definition) is 0. The quantitative estimate of drug-likeness (QED) is 0.596. The van der Waals surface area contributed by atoms with E-state index in [4.69, 9.17) is 4.74 Å². The molecule has 1 aliphatic heterocycles. The summed E-state index contributed by atoms with van der Waals surface area (Å²) in [7, 11) is 0. The Balaban J connectivity index is 2.14. The van der Waals surface area contributed by atoms with E-state index >= 15 is 0 Å². The van der Waals surface area contributed by atoms with Crippen LogP contribution in [0.2, 0.25) is 0 Å². The average molecular weight is 365 g/mol. The highest BCUT2D eigenvalue weighted by atomic mass is 19.1. The number of benzene rings is 2. The third kappa shape index (κ3) is 3.53. The lowest BCUT2D eigenvalue weighted by Crippen LogP contribution is -2.24. The maximum Gasteiger partial charge on any atom is 0.340 e. The maximum atomic E-state index is 14.1. The fourth-order valence-corrected chi connectivity index (χ4v) is 3.03. The molecule has 0 N–H and O–H groups in total. The largest absolute Gasteiger partial charge is 0.462 e. The summed E-state index contributed by atoms with van der Waals surface area (Å²) in [5.41, 5.74) is 2.68. The van der Waals surface area contributed by atoms with E-state index in [1.54, 1.807) is 32.0 Å². The molecular formula is C22H20FNO3. The molecule has 0 saturated carbocycles. The van der Waals surface area contributed by atoms with Gasteiger partial charge in [0.1, 0.15) is 5.82 Å². The van der Waals surface area contributed by atoms with Crippen LogP contribution in [0.5, 0.6) is 0 Å². The minimum Gasteiger partial charge on any atom is -0.462 e. The lowest BCUT2D eigenvalue weighted by molar-refractivity contribution is -0.138. The standard InChI is InChI=1S/C22H20FNO3/c1-4-27-22(26)20-15(3)24(17-11-9-14(2)10-12-17)21(25)18(20)13-16-7-5-6-8-19(16)23/h5-13H,4H2,1-3H3. The Morgan fingerprint density at radius 2 is 1.78 bits per heavy atom. The molecule has 0 radical (unpaired) electrons. The Bertz CT molecular complexity index is 958. The summed E-state index contributed by atoms with van der Waals surface area (Å²) in [5, 5.41) is 0. The van der Waals surface area contributed by atoms with Gasteiger partial charge in [-0.1, -0.05) is 35.9 Å². The third-order valence-corrected chi connectivity index (χ3v) is 4.38. The Kier molecular flexibility index (Phi) is 5.21. The molecule has 0 bridgehead atoms. The molecule has 4 nitrogen and oxygen atoms in total. The zero-order chi connectivity index (χ0) is 19.6. The van der Waals surface area contributed by atoms with Crippen LogP contribution in [0.3, 0.4) is 0 Å². The number of amides is 1. The van der Waals surface area contributed by atoms with E-state index in [9.17, 15) is 14.0 Å². The van der Waals surface area contributed by atoms with Gasteiger partial charge >= 0.3 is 5.97 Å². The maximum absolute atomic E-state index is 14.1. The van der Waals surface area contributed by atoms with Gasteiger partial charge in [0.25, 0.3) is 5.91 Å². The van der Waals surface area contributed by atoms with Crippen LogP contribution in [-0.2, 0) is 14.3 Å². The zero-order valence-electron chi connectivity index (χ0n) is 15.5. The second-order valence-corrected chi connectivity index (χ2v) is 6.24. The van der Waals surface area contributed by atoms with Gasteiger partial charge in [0.2, 0.25) is 0 Å². The molecule has 27 heavy (non-hydrogen) atoms. The number of allylic oxidation sites excluding steroid dienone is 1. The molecule has 0 atom stereocenters. The highest BCUT2D eigenvalue weighted by molar-refractivity contribution is 6.23. The molecule has 0 aromatic heterocycles. The molecule has 1 amide bonds. The van der Waals surface area contributed by atoms with E-state index in [1.807, 2.05) is 31.2 Å². The zero-order valence-corrected chi connectivity index (χ0v) is 15.5. The van der Waals surface area contributed by atoms with E-state index in [0.717, 1.165) is 5.56 Å². The van der Waals surface area contributed by atoms with E-state index in [-0.39, 0.29) is 29.2 Å². The molecule has 3 rings (SSSR count). The number of anilines is 1. The highest BCUT2D eigenvalue weighted by Crippen LogP contribution is 2.35. The lowest BCUT2D eigenvalue weighted by atomic mass is 10.0. The third-order valence-electron chi connectivity index (χ3n) is 4.38. The molecule has 0 saturated heterocycles. The predicted molar refractivity (Wildman–Crippen MR) is 102 cm³/mol. The Hall–Kier alpha value is -3.21. The molecular weight excluding hydrogens is 345 g/mol. The van der Waals surface area contributed by atoms with Crippen molar-refractivity contribution >= 4 is 23.6 Å². The van der Waals surface area contributed by atoms with Crippen LogP contribution in [0.4, 0.5) is 10.1 Å². The van der Waals surface area contributed by atoms with Crippen molar-refractivity contribution in [1.29, 1.82) is 0 Å². The van der Waals surface area contributed by atoms with Gasteiger partial charge in [0, 0.05) is 16.9 Å². The van der Waals surface area contributed by atoms with Gasteiger partial charge in [-0.15, -0.1) is 0 Å². The molecule has 138 valence electrons. The Labute approximate surface area is 157 Å². The van der Waals surface area contributed by atoms with Gasteiger partial charge in [-0.2, -0.15) is 0 Å². The van der Waals surface area contributed by atoms with Crippen molar-refractivity contribution in [2.75, 3.05) is 11.5 Å². The number of ether oxygens (including phenoxy) is 1. The topological polar surface area (TPSA) is 46.6 Å². The number of carbonyl (C=O) groups is 2. The Morgan fingerprint density at radius 1 is 1.11 bits per heavy atom. The fourth-order valence-electron chi connectivity index (χ4n) is 3.03. The van der Waals surface area contributed by atoms with Gasteiger partial charge in [-0.05, 0) is 45.0 Å². The number of hydrogen-bond acceptors (Lipinski definition) is 3. The van der Waals surface area contributed by atoms with Crippen molar-refractivity contribution in [2.45, 2.75) is 20.8 Å². The van der Waals surface area contributed by atoms with Crippen LogP contribution in [0.15, 0.2) is 65.4 Å². The van der Waals surface area contributed by atoms with Crippen molar-refractivity contribution in [2.24, 2.45) is 0 Å². The van der Waals surface area contributed by atoms with Crippen LogP contribution >= 0.6 is 0 Å². The van der Waals surface area contributed by atoms with Gasteiger partial charge in [-0.25, -0.2) is 9.18 Å². The van der Waals surface area contributed by atoms with Crippen molar-refractivity contribution in [1.82, 2.24) is 0 Å². The van der Waals surface area contributed by atoms with E-state index in [1.165, 1.54) is 17.0 Å². The first-order valence-corrected chi connectivity index (χ1v) is 8.69. The molecule has 2 aromatic rings. The van der Waals surface area contributed by atoms with Crippen molar-refractivity contribution in [3.63, 3.8) is 0 Å². The molecule has 0 aliphatic carbocycles. The van der Waals surface area contributed by atoms with Crippen LogP contribution in [0.1, 0.15) is 25.0 Å². The summed E-state index contributed by atoms with van der Waals surface area (Å²) < 4.78 is 19.2. The van der Waals surface area contributed by atoms with Crippen LogP contribution in [0.25, 0.3) is 6.08 Å². The molecule has 2 aromatic carbocycles. The van der Waals surface area contributed by atoms with E-state index in [2.05, 4.69) is 0 Å². The minimum absolute atomic E-state index is 0.122. The predicted octanol–water partition coefficient (Wildman–Crippen LogP) is 4.40. The molecule has 0 unspecified atom stereocenters.